The van der Waals surface area contributed by atoms with Crippen LogP contribution in [0.4, 0.5) is 0 Å². The molecule has 0 heterocycles. The summed E-state index contributed by atoms with van der Waals surface area (Å²) in [5.41, 5.74) is 0. The molecule has 0 spiro atoms. The van der Waals surface area contributed by atoms with Crippen molar-refractivity contribution in [1.82, 2.24) is 0 Å². The molecule has 0 aliphatic heterocycles. The Bertz CT molecular complexity index is 689. The van der Waals surface area contributed by atoms with Gasteiger partial charge in [0.15, 0.2) is 8.80 Å². The van der Waals surface area contributed by atoms with Crippen molar-refractivity contribution < 1.29 is 0 Å². The van der Waals surface area contributed by atoms with E-state index in [2.05, 4.69) is 82.7 Å². The molecule has 0 bridgehead atoms. The van der Waals surface area contributed by atoms with Gasteiger partial charge in [0.05, 0.1) is 0 Å². The highest BCUT2D eigenvalue weighted by Crippen LogP contribution is 2.15. The average Bonchev–Trinajstić information content (AvgIpc) is 2.52. The van der Waals surface area contributed by atoms with Crippen LogP contribution in [0.15, 0.2) is 83.3 Å². The summed E-state index contributed by atoms with van der Waals surface area (Å²) in [6.45, 7) is 0. The molecule has 0 aliphatic carbocycles. The standard InChI is InChI=1S/C18H13BrClSi/c19-17-13-14(20)11-12-18(17)21(15-7-3-1-4-8-15)16-9-5-2-6-10-16/h1-13H. The van der Waals surface area contributed by atoms with Gasteiger partial charge in [-0.2, -0.15) is 0 Å². The quantitative estimate of drug-likeness (QED) is 0.486. The van der Waals surface area contributed by atoms with Crippen LogP contribution in [0, 0.1) is 0 Å². The van der Waals surface area contributed by atoms with Gasteiger partial charge in [-0.3, -0.25) is 0 Å². The lowest BCUT2D eigenvalue weighted by molar-refractivity contribution is 1.68. The summed E-state index contributed by atoms with van der Waals surface area (Å²) in [7, 11) is -1.03. The molecule has 21 heavy (non-hydrogen) atoms. The van der Waals surface area contributed by atoms with E-state index in [0.717, 1.165) is 9.50 Å². The van der Waals surface area contributed by atoms with Gasteiger partial charge < -0.3 is 0 Å². The zero-order valence-electron chi connectivity index (χ0n) is 11.3. The van der Waals surface area contributed by atoms with Gasteiger partial charge in [-0.15, -0.1) is 0 Å². The van der Waals surface area contributed by atoms with Gasteiger partial charge in [-0.25, -0.2) is 0 Å². The smallest absolute Gasteiger partial charge is 0.0843 e. The van der Waals surface area contributed by atoms with E-state index in [1.54, 1.807) is 0 Å². The molecule has 0 aliphatic rings. The monoisotopic (exact) mass is 371 g/mol. The molecule has 3 rings (SSSR count). The maximum atomic E-state index is 6.09. The highest BCUT2D eigenvalue weighted by molar-refractivity contribution is 9.10. The van der Waals surface area contributed by atoms with Crippen LogP contribution < -0.4 is 15.6 Å². The van der Waals surface area contributed by atoms with Crippen molar-refractivity contribution in [2.45, 2.75) is 0 Å². The third-order valence-electron chi connectivity index (χ3n) is 3.33. The average molecular weight is 373 g/mol. The van der Waals surface area contributed by atoms with E-state index in [-0.39, 0.29) is 0 Å². The molecule has 0 unspecified atom stereocenters. The van der Waals surface area contributed by atoms with Crippen molar-refractivity contribution in [2.24, 2.45) is 0 Å². The van der Waals surface area contributed by atoms with Gasteiger partial charge in [0.1, 0.15) is 0 Å². The minimum Gasteiger partial charge on any atom is -0.0843 e. The van der Waals surface area contributed by atoms with Crippen molar-refractivity contribution in [3.63, 3.8) is 0 Å². The normalized spacial score (nSPS) is 10.8. The fourth-order valence-electron chi connectivity index (χ4n) is 2.38. The number of hydrogen-bond donors (Lipinski definition) is 0. The molecule has 0 amide bonds. The van der Waals surface area contributed by atoms with Gasteiger partial charge >= 0.3 is 0 Å². The summed E-state index contributed by atoms with van der Waals surface area (Å²) in [4.78, 5) is 0. The van der Waals surface area contributed by atoms with Crippen LogP contribution in [-0.2, 0) is 0 Å². The Kier molecular flexibility index (Phi) is 4.59. The number of halogens is 2. The second-order valence-electron chi connectivity index (χ2n) is 4.73. The van der Waals surface area contributed by atoms with Crippen LogP contribution in [0.2, 0.25) is 5.02 Å². The van der Waals surface area contributed by atoms with E-state index in [1.807, 2.05) is 12.1 Å². The van der Waals surface area contributed by atoms with Crippen molar-refractivity contribution in [2.75, 3.05) is 0 Å². The molecule has 0 nitrogen and oxygen atoms in total. The molecule has 103 valence electrons. The van der Waals surface area contributed by atoms with Crippen LogP contribution in [0.25, 0.3) is 0 Å². The lowest BCUT2D eigenvalue weighted by Gasteiger charge is -2.18. The topological polar surface area (TPSA) is 0 Å². The van der Waals surface area contributed by atoms with Crippen LogP contribution in [0.1, 0.15) is 0 Å². The van der Waals surface area contributed by atoms with Gasteiger partial charge in [-0.05, 0) is 17.3 Å². The molecule has 0 saturated carbocycles. The number of hydrogen-bond acceptors (Lipinski definition) is 0. The fraction of sp³-hybridized carbons (Fsp3) is 0. The first-order chi connectivity index (χ1) is 10.3. The van der Waals surface area contributed by atoms with Crippen molar-refractivity contribution in [3.05, 3.63) is 88.4 Å². The van der Waals surface area contributed by atoms with Gasteiger partial charge in [-0.1, -0.05) is 105 Å². The maximum absolute atomic E-state index is 6.09. The Labute approximate surface area is 140 Å². The molecule has 0 fully saturated rings. The lowest BCUT2D eigenvalue weighted by Crippen LogP contribution is -2.52. The Morgan fingerprint density at radius 1 is 0.714 bits per heavy atom. The maximum Gasteiger partial charge on any atom is 0.156 e. The summed E-state index contributed by atoms with van der Waals surface area (Å²) < 4.78 is 1.08. The summed E-state index contributed by atoms with van der Waals surface area (Å²) >= 11 is 9.78. The molecule has 3 heteroatoms. The molecular weight excluding hydrogens is 360 g/mol. The van der Waals surface area contributed by atoms with Crippen LogP contribution >= 0.6 is 27.5 Å². The van der Waals surface area contributed by atoms with Gasteiger partial charge in [0.2, 0.25) is 0 Å². The zero-order chi connectivity index (χ0) is 14.7. The molecule has 0 N–H and O–H groups in total. The Balaban J connectivity index is 2.17. The fourth-order valence-corrected chi connectivity index (χ4v) is 6.22. The first-order valence-electron chi connectivity index (χ1n) is 6.69. The Hall–Kier alpha value is -1.35. The minimum absolute atomic E-state index is 0.757. The molecule has 0 saturated heterocycles. The van der Waals surface area contributed by atoms with E-state index >= 15 is 0 Å². The van der Waals surface area contributed by atoms with Gasteiger partial charge in [0, 0.05) is 9.50 Å². The summed E-state index contributed by atoms with van der Waals surface area (Å²) in [5, 5.41) is 4.82. The predicted molar refractivity (Wildman–Crippen MR) is 96.7 cm³/mol. The second-order valence-corrected chi connectivity index (χ2v) is 8.47. The lowest BCUT2D eigenvalue weighted by atomic mass is 10.3. The van der Waals surface area contributed by atoms with Crippen molar-refractivity contribution in [1.29, 1.82) is 0 Å². The van der Waals surface area contributed by atoms with Crippen molar-refractivity contribution >= 4 is 51.9 Å². The van der Waals surface area contributed by atoms with Crippen molar-refractivity contribution in [3.8, 4) is 0 Å². The first kappa shape index (κ1) is 14.6. The second kappa shape index (κ2) is 6.61. The first-order valence-corrected chi connectivity index (χ1v) is 9.36. The Morgan fingerprint density at radius 2 is 1.24 bits per heavy atom. The molecule has 3 aromatic rings. The minimum atomic E-state index is -1.03. The predicted octanol–water partition coefficient (Wildman–Crippen LogP) is 3.62. The number of rotatable bonds is 3. The molecular formula is C18H13BrClSi. The Morgan fingerprint density at radius 3 is 1.71 bits per heavy atom. The SMILES string of the molecule is Clc1ccc([Si](c2ccccc2)c2ccccc2)c(Br)c1. The van der Waals surface area contributed by atoms with E-state index in [0.29, 0.717) is 0 Å². The molecule has 3 aromatic carbocycles. The van der Waals surface area contributed by atoms with Crippen LogP contribution in [0.3, 0.4) is 0 Å². The van der Waals surface area contributed by atoms with E-state index < -0.39 is 8.80 Å². The largest absolute Gasteiger partial charge is 0.156 e. The third-order valence-corrected chi connectivity index (χ3v) is 7.38. The molecule has 0 atom stereocenters. The summed E-state index contributed by atoms with van der Waals surface area (Å²) in [6, 6.07) is 27.5. The third kappa shape index (κ3) is 3.29. The highest BCUT2D eigenvalue weighted by atomic mass is 79.9. The van der Waals surface area contributed by atoms with Crippen LogP contribution in [0.5, 0.6) is 0 Å². The highest BCUT2D eigenvalue weighted by Gasteiger charge is 2.21. The van der Waals surface area contributed by atoms with E-state index in [4.69, 9.17) is 11.6 Å². The van der Waals surface area contributed by atoms with E-state index in [1.165, 1.54) is 15.6 Å². The molecule has 0 aromatic heterocycles. The summed E-state index contributed by atoms with van der Waals surface area (Å²) in [5.74, 6) is 0. The van der Waals surface area contributed by atoms with Crippen LogP contribution in [-0.4, -0.2) is 8.80 Å². The van der Waals surface area contributed by atoms with E-state index in [9.17, 15) is 0 Å². The number of benzene rings is 3. The summed E-state index contributed by atoms with van der Waals surface area (Å²) in [6.07, 6.45) is 0. The zero-order valence-corrected chi connectivity index (χ0v) is 14.6. The molecule has 1 radical (unpaired) electrons. The van der Waals surface area contributed by atoms with Gasteiger partial charge in [0.25, 0.3) is 0 Å².